The van der Waals surface area contributed by atoms with Crippen LogP contribution in [0.5, 0.6) is 0 Å². The highest BCUT2D eigenvalue weighted by Crippen LogP contribution is 2.16. The zero-order valence-corrected chi connectivity index (χ0v) is 12.0. The van der Waals surface area contributed by atoms with Crippen LogP contribution in [0.15, 0.2) is 18.2 Å². The van der Waals surface area contributed by atoms with E-state index in [-0.39, 0.29) is 11.3 Å². The Labute approximate surface area is 121 Å². The van der Waals surface area contributed by atoms with Gasteiger partial charge in [0.1, 0.15) is 5.82 Å². The van der Waals surface area contributed by atoms with Gasteiger partial charge < -0.3 is 15.0 Å². The lowest BCUT2D eigenvalue weighted by Crippen LogP contribution is -2.34. The molecule has 0 fully saturated rings. The summed E-state index contributed by atoms with van der Waals surface area (Å²) in [6.45, 7) is 2.15. The first kappa shape index (κ1) is 17.0. The molecule has 1 rings (SSSR count). The molecular formula is C13H18FN3O4. The van der Waals surface area contributed by atoms with Gasteiger partial charge in [0.15, 0.2) is 0 Å². The maximum absolute atomic E-state index is 13.5. The summed E-state index contributed by atoms with van der Waals surface area (Å²) in [7, 11) is 3.46. The van der Waals surface area contributed by atoms with Crippen molar-refractivity contribution in [3.63, 3.8) is 0 Å². The van der Waals surface area contributed by atoms with Crippen LogP contribution in [0, 0.1) is 15.9 Å². The van der Waals surface area contributed by atoms with E-state index < -0.39 is 16.6 Å². The van der Waals surface area contributed by atoms with Crippen molar-refractivity contribution >= 4 is 11.6 Å². The van der Waals surface area contributed by atoms with Gasteiger partial charge in [0, 0.05) is 38.9 Å². The molecule has 0 radical (unpaired) electrons. The third-order valence-electron chi connectivity index (χ3n) is 2.86. The fourth-order valence-electron chi connectivity index (χ4n) is 1.62. The normalized spacial score (nSPS) is 10.7. The number of methoxy groups -OCH3 is 1. The lowest BCUT2D eigenvalue weighted by Gasteiger charge is -2.16. The van der Waals surface area contributed by atoms with E-state index in [2.05, 4.69) is 5.32 Å². The number of nitrogens with one attached hydrogen (secondary N) is 1. The van der Waals surface area contributed by atoms with Gasteiger partial charge >= 0.3 is 0 Å². The topological polar surface area (TPSA) is 84.7 Å². The summed E-state index contributed by atoms with van der Waals surface area (Å²) >= 11 is 0. The first-order chi connectivity index (χ1) is 9.95. The van der Waals surface area contributed by atoms with Crippen molar-refractivity contribution in [2.75, 3.05) is 40.4 Å². The molecule has 7 nitrogen and oxygen atoms in total. The van der Waals surface area contributed by atoms with Gasteiger partial charge in [0.2, 0.25) is 0 Å². The van der Waals surface area contributed by atoms with Gasteiger partial charge in [-0.1, -0.05) is 0 Å². The number of likely N-dealkylation sites (N-methyl/N-ethyl adjacent to an activating group) is 1. The van der Waals surface area contributed by atoms with E-state index >= 15 is 0 Å². The molecule has 1 amide bonds. The van der Waals surface area contributed by atoms with E-state index in [9.17, 15) is 19.3 Å². The van der Waals surface area contributed by atoms with Crippen molar-refractivity contribution in [2.45, 2.75) is 0 Å². The minimum Gasteiger partial charge on any atom is -0.383 e. The summed E-state index contributed by atoms with van der Waals surface area (Å²) in [6.07, 6.45) is 0. The fourth-order valence-corrected chi connectivity index (χ4v) is 1.62. The van der Waals surface area contributed by atoms with Gasteiger partial charge in [-0.2, -0.15) is 0 Å². The third-order valence-corrected chi connectivity index (χ3v) is 2.86. The number of non-ortho nitro benzene ring substituents is 1. The van der Waals surface area contributed by atoms with Crippen LogP contribution in [0.1, 0.15) is 10.4 Å². The summed E-state index contributed by atoms with van der Waals surface area (Å²) in [5.41, 5.74) is -0.650. The van der Waals surface area contributed by atoms with Crippen molar-refractivity contribution in [3.8, 4) is 0 Å². The van der Waals surface area contributed by atoms with E-state index in [0.29, 0.717) is 26.2 Å². The standard InChI is InChI=1S/C13H18FN3O4/c1-16(7-8-21-2)6-5-15-13(18)11-9-10(17(19)20)3-4-12(11)14/h3-4,9H,5-8H2,1-2H3,(H,15,18). The molecule has 21 heavy (non-hydrogen) atoms. The Morgan fingerprint density at radius 3 is 2.81 bits per heavy atom. The van der Waals surface area contributed by atoms with Gasteiger partial charge in [0.25, 0.3) is 11.6 Å². The summed E-state index contributed by atoms with van der Waals surface area (Å²) in [5, 5.41) is 13.2. The molecule has 0 saturated heterocycles. The van der Waals surface area contributed by atoms with Crippen molar-refractivity contribution in [1.82, 2.24) is 10.2 Å². The number of carbonyl (C=O) groups is 1. The molecule has 1 aromatic carbocycles. The molecule has 0 aliphatic heterocycles. The predicted octanol–water partition coefficient (Wildman–Crippen LogP) is 1.04. The zero-order chi connectivity index (χ0) is 15.8. The van der Waals surface area contributed by atoms with Crippen LogP contribution >= 0.6 is 0 Å². The van der Waals surface area contributed by atoms with Crippen molar-refractivity contribution in [1.29, 1.82) is 0 Å². The molecule has 0 aliphatic rings. The minimum absolute atomic E-state index is 0.307. The molecule has 0 aliphatic carbocycles. The number of nitrogens with zero attached hydrogens (tertiary/aromatic N) is 2. The van der Waals surface area contributed by atoms with Gasteiger partial charge in [-0.15, -0.1) is 0 Å². The number of nitro groups is 1. The van der Waals surface area contributed by atoms with Gasteiger partial charge in [-0.3, -0.25) is 14.9 Å². The van der Waals surface area contributed by atoms with E-state index in [1.165, 1.54) is 0 Å². The molecule has 1 aromatic rings. The lowest BCUT2D eigenvalue weighted by atomic mass is 10.1. The highest BCUT2D eigenvalue weighted by molar-refractivity contribution is 5.95. The third kappa shape index (κ3) is 5.44. The molecule has 116 valence electrons. The predicted molar refractivity (Wildman–Crippen MR) is 74.8 cm³/mol. The number of halogens is 1. The number of nitro benzene ring substituents is 1. The maximum atomic E-state index is 13.5. The highest BCUT2D eigenvalue weighted by atomic mass is 19.1. The highest BCUT2D eigenvalue weighted by Gasteiger charge is 2.16. The van der Waals surface area contributed by atoms with Crippen molar-refractivity contribution < 1.29 is 18.8 Å². The Kier molecular flexibility index (Phi) is 6.70. The summed E-state index contributed by atoms with van der Waals surface area (Å²) in [6, 6.07) is 2.86. The number of hydrogen-bond donors (Lipinski definition) is 1. The largest absolute Gasteiger partial charge is 0.383 e. The van der Waals surface area contributed by atoms with Crippen LogP contribution in [-0.2, 0) is 4.74 Å². The molecule has 1 N–H and O–H groups in total. The van der Waals surface area contributed by atoms with Crippen LogP contribution < -0.4 is 5.32 Å². The van der Waals surface area contributed by atoms with Crippen LogP contribution in [0.2, 0.25) is 0 Å². The molecule has 0 saturated carbocycles. The molecule has 0 atom stereocenters. The summed E-state index contributed by atoms with van der Waals surface area (Å²) < 4.78 is 18.4. The summed E-state index contributed by atoms with van der Waals surface area (Å²) in [4.78, 5) is 23.7. The number of benzene rings is 1. The van der Waals surface area contributed by atoms with Crippen molar-refractivity contribution in [2.24, 2.45) is 0 Å². The Morgan fingerprint density at radius 2 is 2.19 bits per heavy atom. The van der Waals surface area contributed by atoms with Gasteiger partial charge in [-0.05, 0) is 13.1 Å². The maximum Gasteiger partial charge on any atom is 0.270 e. The molecule has 0 heterocycles. The first-order valence-corrected chi connectivity index (χ1v) is 6.35. The van der Waals surface area contributed by atoms with Crippen LogP contribution in [0.3, 0.4) is 0 Å². The van der Waals surface area contributed by atoms with Gasteiger partial charge in [0.05, 0.1) is 17.1 Å². The molecule has 0 bridgehead atoms. The number of carbonyl (C=O) groups excluding carboxylic acids is 1. The van der Waals surface area contributed by atoms with E-state index in [4.69, 9.17) is 4.74 Å². The first-order valence-electron chi connectivity index (χ1n) is 6.35. The van der Waals surface area contributed by atoms with Crippen LogP contribution in [0.4, 0.5) is 10.1 Å². The number of hydrogen-bond acceptors (Lipinski definition) is 5. The van der Waals surface area contributed by atoms with Gasteiger partial charge in [-0.25, -0.2) is 4.39 Å². The smallest absolute Gasteiger partial charge is 0.270 e. The number of rotatable bonds is 8. The number of ether oxygens (including phenoxy) is 1. The lowest BCUT2D eigenvalue weighted by molar-refractivity contribution is -0.384. The average molecular weight is 299 g/mol. The molecule has 0 spiro atoms. The molecule has 8 heteroatoms. The molecule has 0 unspecified atom stereocenters. The van der Waals surface area contributed by atoms with E-state index in [0.717, 1.165) is 18.2 Å². The Balaban J connectivity index is 2.56. The second kappa shape index (κ2) is 8.28. The average Bonchev–Trinajstić information content (AvgIpc) is 2.45. The Morgan fingerprint density at radius 1 is 1.48 bits per heavy atom. The Hall–Kier alpha value is -2.06. The summed E-state index contributed by atoms with van der Waals surface area (Å²) in [5.74, 6) is -1.46. The Bertz CT molecular complexity index is 510. The fraction of sp³-hybridized carbons (Fsp3) is 0.462. The van der Waals surface area contributed by atoms with Crippen LogP contribution in [0.25, 0.3) is 0 Å². The second-order valence-corrected chi connectivity index (χ2v) is 4.47. The number of amides is 1. The molecular weight excluding hydrogens is 281 g/mol. The minimum atomic E-state index is -0.786. The zero-order valence-electron chi connectivity index (χ0n) is 12.0. The molecule has 0 aromatic heterocycles. The van der Waals surface area contributed by atoms with Crippen LogP contribution in [-0.4, -0.2) is 56.1 Å². The van der Waals surface area contributed by atoms with E-state index in [1.807, 2.05) is 11.9 Å². The SMILES string of the molecule is COCCN(C)CCNC(=O)c1cc([N+](=O)[O-])ccc1F. The second-order valence-electron chi connectivity index (χ2n) is 4.47. The quantitative estimate of drug-likeness (QED) is 0.573. The van der Waals surface area contributed by atoms with Crippen molar-refractivity contribution in [3.05, 3.63) is 39.7 Å². The monoisotopic (exact) mass is 299 g/mol. The van der Waals surface area contributed by atoms with E-state index in [1.54, 1.807) is 7.11 Å².